The summed E-state index contributed by atoms with van der Waals surface area (Å²) < 4.78 is 10.8. The summed E-state index contributed by atoms with van der Waals surface area (Å²) in [7, 11) is 1.60. The van der Waals surface area contributed by atoms with Gasteiger partial charge < -0.3 is 15.2 Å². The number of rotatable bonds is 4. The van der Waals surface area contributed by atoms with Crippen molar-refractivity contribution in [1.29, 1.82) is 0 Å². The molecule has 92 valence electrons. The SMILES string of the molecule is COc1cccc(Oc2ncccc2C(N)=S)c1. The molecular weight excluding hydrogens is 248 g/mol. The van der Waals surface area contributed by atoms with Crippen LogP contribution in [0.25, 0.3) is 0 Å². The number of nitrogens with zero attached hydrogens (tertiary/aromatic N) is 1. The molecule has 5 heteroatoms. The summed E-state index contributed by atoms with van der Waals surface area (Å²) in [4.78, 5) is 4.37. The summed E-state index contributed by atoms with van der Waals surface area (Å²) in [5, 5.41) is 0. The summed E-state index contributed by atoms with van der Waals surface area (Å²) >= 11 is 4.95. The molecule has 2 N–H and O–H groups in total. The van der Waals surface area contributed by atoms with Crippen LogP contribution >= 0.6 is 12.2 Å². The third-order valence-electron chi connectivity index (χ3n) is 2.29. The van der Waals surface area contributed by atoms with E-state index in [-0.39, 0.29) is 4.99 Å². The van der Waals surface area contributed by atoms with Gasteiger partial charge in [0.05, 0.1) is 12.7 Å². The number of benzene rings is 1. The Labute approximate surface area is 110 Å². The first-order valence-corrected chi connectivity index (χ1v) is 5.68. The van der Waals surface area contributed by atoms with Gasteiger partial charge in [0.1, 0.15) is 16.5 Å². The molecule has 0 unspecified atom stereocenters. The number of ether oxygens (including phenoxy) is 2. The van der Waals surface area contributed by atoms with Crippen molar-refractivity contribution < 1.29 is 9.47 Å². The molecule has 2 aromatic rings. The highest BCUT2D eigenvalue weighted by Crippen LogP contribution is 2.25. The Morgan fingerprint density at radius 3 is 2.72 bits per heavy atom. The van der Waals surface area contributed by atoms with E-state index < -0.39 is 0 Å². The van der Waals surface area contributed by atoms with Gasteiger partial charge in [-0.3, -0.25) is 0 Å². The fourth-order valence-electron chi connectivity index (χ4n) is 1.44. The zero-order valence-electron chi connectivity index (χ0n) is 9.79. The molecular formula is C13H12N2O2S. The van der Waals surface area contributed by atoms with E-state index in [0.717, 1.165) is 0 Å². The minimum Gasteiger partial charge on any atom is -0.497 e. The maximum atomic E-state index is 5.65. The standard InChI is InChI=1S/C13H12N2O2S/c1-16-9-4-2-5-10(8-9)17-13-11(12(14)18)6-3-7-15-13/h2-8H,1H3,(H2,14,18). The van der Waals surface area contributed by atoms with Crippen LogP contribution in [-0.2, 0) is 0 Å². The summed E-state index contributed by atoms with van der Waals surface area (Å²) in [6.07, 6.45) is 1.62. The van der Waals surface area contributed by atoms with Crippen LogP contribution in [0, 0.1) is 0 Å². The first-order chi connectivity index (χ1) is 8.70. The molecule has 0 fully saturated rings. The van der Waals surface area contributed by atoms with Crippen molar-refractivity contribution in [3.63, 3.8) is 0 Å². The smallest absolute Gasteiger partial charge is 0.229 e. The van der Waals surface area contributed by atoms with Gasteiger partial charge in [0, 0.05) is 12.3 Å². The lowest BCUT2D eigenvalue weighted by Crippen LogP contribution is -2.11. The van der Waals surface area contributed by atoms with E-state index in [1.54, 1.807) is 37.6 Å². The Morgan fingerprint density at radius 1 is 1.22 bits per heavy atom. The van der Waals surface area contributed by atoms with Crippen LogP contribution in [0.3, 0.4) is 0 Å². The van der Waals surface area contributed by atoms with Gasteiger partial charge in [0.2, 0.25) is 5.88 Å². The monoisotopic (exact) mass is 260 g/mol. The fourth-order valence-corrected chi connectivity index (χ4v) is 1.59. The highest BCUT2D eigenvalue weighted by atomic mass is 32.1. The zero-order chi connectivity index (χ0) is 13.0. The molecule has 0 atom stereocenters. The number of hydrogen-bond donors (Lipinski definition) is 1. The molecule has 0 aliphatic heterocycles. The van der Waals surface area contributed by atoms with E-state index in [1.807, 2.05) is 12.1 Å². The topological polar surface area (TPSA) is 57.4 Å². The Morgan fingerprint density at radius 2 is 2.00 bits per heavy atom. The van der Waals surface area contributed by atoms with Gasteiger partial charge in [-0.1, -0.05) is 18.3 Å². The molecule has 0 saturated carbocycles. The van der Waals surface area contributed by atoms with Gasteiger partial charge >= 0.3 is 0 Å². The van der Waals surface area contributed by atoms with Crippen molar-refractivity contribution in [2.45, 2.75) is 0 Å². The summed E-state index contributed by atoms with van der Waals surface area (Å²) in [6, 6.07) is 10.8. The van der Waals surface area contributed by atoms with Crippen molar-refractivity contribution >= 4 is 17.2 Å². The first kappa shape index (κ1) is 12.3. The van der Waals surface area contributed by atoms with Crippen molar-refractivity contribution in [2.24, 2.45) is 5.73 Å². The molecule has 1 heterocycles. The molecule has 0 radical (unpaired) electrons. The molecule has 1 aromatic carbocycles. The number of methoxy groups -OCH3 is 1. The molecule has 0 saturated heterocycles. The average Bonchev–Trinajstić information content (AvgIpc) is 2.39. The average molecular weight is 260 g/mol. The van der Waals surface area contributed by atoms with Crippen molar-refractivity contribution in [3.8, 4) is 17.4 Å². The molecule has 0 aliphatic rings. The molecule has 4 nitrogen and oxygen atoms in total. The highest BCUT2D eigenvalue weighted by Gasteiger charge is 2.08. The molecule has 0 bridgehead atoms. The van der Waals surface area contributed by atoms with E-state index in [0.29, 0.717) is 22.9 Å². The van der Waals surface area contributed by atoms with E-state index in [2.05, 4.69) is 4.98 Å². The van der Waals surface area contributed by atoms with Crippen LogP contribution in [0.15, 0.2) is 42.6 Å². The molecule has 1 aromatic heterocycles. The highest BCUT2D eigenvalue weighted by molar-refractivity contribution is 7.80. The maximum Gasteiger partial charge on any atom is 0.229 e. The van der Waals surface area contributed by atoms with Gasteiger partial charge in [-0.15, -0.1) is 0 Å². The normalized spacial score (nSPS) is 9.83. The second-order valence-electron chi connectivity index (χ2n) is 3.50. The molecule has 2 rings (SSSR count). The number of pyridine rings is 1. The second kappa shape index (κ2) is 5.46. The van der Waals surface area contributed by atoms with Gasteiger partial charge in [0.25, 0.3) is 0 Å². The summed E-state index contributed by atoms with van der Waals surface area (Å²) in [5.41, 5.74) is 6.22. The van der Waals surface area contributed by atoms with Gasteiger partial charge in [-0.2, -0.15) is 0 Å². The van der Waals surface area contributed by atoms with Crippen molar-refractivity contribution in [2.75, 3.05) is 7.11 Å². The predicted molar refractivity (Wildman–Crippen MR) is 73.2 cm³/mol. The van der Waals surface area contributed by atoms with Crippen molar-refractivity contribution in [3.05, 3.63) is 48.2 Å². The largest absolute Gasteiger partial charge is 0.497 e. The second-order valence-corrected chi connectivity index (χ2v) is 3.94. The fraction of sp³-hybridized carbons (Fsp3) is 0.0769. The lowest BCUT2D eigenvalue weighted by Gasteiger charge is -2.09. The summed E-state index contributed by atoms with van der Waals surface area (Å²) in [6.45, 7) is 0. The Balaban J connectivity index is 2.31. The van der Waals surface area contributed by atoms with E-state index in [4.69, 9.17) is 27.4 Å². The number of hydrogen-bond acceptors (Lipinski definition) is 4. The number of aromatic nitrogens is 1. The summed E-state index contributed by atoms with van der Waals surface area (Å²) in [5.74, 6) is 1.71. The van der Waals surface area contributed by atoms with Gasteiger partial charge in [0.15, 0.2) is 0 Å². The molecule has 0 spiro atoms. The number of thiocarbonyl (C=S) groups is 1. The zero-order valence-corrected chi connectivity index (χ0v) is 10.6. The minimum absolute atomic E-state index is 0.251. The van der Waals surface area contributed by atoms with Crippen LogP contribution in [-0.4, -0.2) is 17.1 Å². The van der Waals surface area contributed by atoms with Gasteiger partial charge in [-0.05, 0) is 24.3 Å². The Kier molecular flexibility index (Phi) is 3.74. The van der Waals surface area contributed by atoms with Crippen LogP contribution < -0.4 is 15.2 Å². The lowest BCUT2D eigenvalue weighted by atomic mass is 10.2. The number of nitrogens with two attached hydrogens (primary N) is 1. The lowest BCUT2D eigenvalue weighted by molar-refractivity contribution is 0.407. The van der Waals surface area contributed by atoms with Crippen LogP contribution in [0.2, 0.25) is 0 Å². The molecule has 0 aliphatic carbocycles. The predicted octanol–water partition coefficient (Wildman–Crippen LogP) is 2.52. The Hall–Kier alpha value is -2.14. The third-order valence-corrected chi connectivity index (χ3v) is 2.51. The van der Waals surface area contributed by atoms with Crippen LogP contribution in [0.1, 0.15) is 5.56 Å². The molecule has 18 heavy (non-hydrogen) atoms. The van der Waals surface area contributed by atoms with Crippen molar-refractivity contribution in [1.82, 2.24) is 4.98 Å². The Bertz CT molecular complexity index is 572. The minimum atomic E-state index is 0.251. The van der Waals surface area contributed by atoms with E-state index in [1.165, 1.54) is 0 Å². The third kappa shape index (κ3) is 2.75. The van der Waals surface area contributed by atoms with Gasteiger partial charge in [-0.25, -0.2) is 4.98 Å². The van der Waals surface area contributed by atoms with E-state index >= 15 is 0 Å². The van der Waals surface area contributed by atoms with Crippen LogP contribution in [0.5, 0.6) is 17.4 Å². The quantitative estimate of drug-likeness (QED) is 0.856. The van der Waals surface area contributed by atoms with Crippen LogP contribution in [0.4, 0.5) is 0 Å². The molecule has 0 amide bonds. The first-order valence-electron chi connectivity index (χ1n) is 5.27. The maximum absolute atomic E-state index is 5.65. The van der Waals surface area contributed by atoms with E-state index in [9.17, 15) is 0 Å².